The molecule has 1 aliphatic carbocycles. The fourth-order valence-electron chi connectivity index (χ4n) is 1.85. The second kappa shape index (κ2) is 3.69. The Hall–Kier alpha value is -0.530. The third kappa shape index (κ3) is 1.87. The molecule has 0 radical (unpaired) electrons. The maximum atomic E-state index is 6.12. The van der Waals surface area contributed by atoms with Crippen molar-refractivity contribution in [2.45, 2.75) is 31.2 Å². The van der Waals surface area contributed by atoms with E-state index in [1.54, 1.807) is 0 Å². The van der Waals surface area contributed by atoms with Crippen LogP contribution in [0.5, 0.6) is 0 Å². The largest absolute Gasteiger partial charge is 0.325 e. The number of benzene rings is 1. The highest BCUT2D eigenvalue weighted by Gasteiger charge is 2.49. The van der Waals surface area contributed by atoms with Crippen LogP contribution >= 0.6 is 12.4 Å². The van der Waals surface area contributed by atoms with Gasteiger partial charge in [0.25, 0.3) is 0 Å². The molecule has 1 saturated carbocycles. The summed E-state index contributed by atoms with van der Waals surface area (Å²) in [5.74, 6) is 0.615. The Morgan fingerprint density at radius 2 is 2.00 bits per heavy atom. The van der Waals surface area contributed by atoms with E-state index < -0.39 is 0 Å². The zero-order chi connectivity index (χ0) is 8.60. The first-order valence-corrected chi connectivity index (χ1v) is 4.60. The molecule has 0 unspecified atom stereocenters. The van der Waals surface area contributed by atoms with Crippen LogP contribution < -0.4 is 5.73 Å². The molecule has 2 heteroatoms. The van der Waals surface area contributed by atoms with E-state index in [0.717, 1.165) is 12.8 Å². The van der Waals surface area contributed by atoms with Crippen LogP contribution in [-0.2, 0) is 0 Å². The number of hydrogen-bond acceptors (Lipinski definition) is 1. The molecular weight excluding hydrogens is 182 g/mol. The van der Waals surface area contributed by atoms with Crippen molar-refractivity contribution in [2.75, 3.05) is 0 Å². The van der Waals surface area contributed by atoms with Crippen molar-refractivity contribution in [3.8, 4) is 0 Å². The van der Waals surface area contributed by atoms with E-state index in [1.165, 1.54) is 5.56 Å². The van der Waals surface area contributed by atoms with Gasteiger partial charge in [-0.2, -0.15) is 0 Å². The van der Waals surface area contributed by atoms with Crippen molar-refractivity contribution in [2.24, 2.45) is 5.73 Å². The maximum Gasteiger partial charge on any atom is 0.0228 e. The van der Waals surface area contributed by atoms with Crippen LogP contribution in [0.25, 0.3) is 0 Å². The van der Waals surface area contributed by atoms with Gasteiger partial charge in [-0.3, -0.25) is 0 Å². The zero-order valence-electron chi connectivity index (χ0n) is 7.86. The minimum absolute atomic E-state index is 0. The van der Waals surface area contributed by atoms with E-state index in [4.69, 9.17) is 5.73 Å². The number of hydrogen-bond donors (Lipinski definition) is 1. The molecule has 1 aromatic rings. The van der Waals surface area contributed by atoms with Crippen LogP contribution in [0.15, 0.2) is 30.3 Å². The summed E-state index contributed by atoms with van der Waals surface area (Å²) in [7, 11) is 0. The zero-order valence-corrected chi connectivity index (χ0v) is 8.68. The van der Waals surface area contributed by atoms with E-state index in [1.807, 2.05) is 0 Å². The van der Waals surface area contributed by atoms with Gasteiger partial charge in [0.05, 0.1) is 0 Å². The van der Waals surface area contributed by atoms with Gasteiger partial charge in [0, 0.05) is 11.5 Å². The minimum atomic E-state index is 0. The van der Waals surface area contributed by atoms with E-state index in [2.05, 4.69) is 37.3 Å². The lowest BCUT2D eigenvalue weighted by Crippen LogP contribution is -2.22. The summed E-state index contributed by atoms with van der Waals surface area (Å²) in [5, 5.41) is 0. The molecular formula is C11H16ClN. The van der Waals surface area contributed by atoms with Gasteiger partial charge in [-0.25, -0.2) is 0 Å². The monoisotopic (exact) mass is 197 g/mol. The van der Waals surface area contributed by atoms with Crippen LogP contribution in [-0.4, -0.2) is 5.54 Å². The van der Waals surface area contributed by atoms with E-state index in [9.17, 15) is 0 Å². The molecule has 0 saturated heterocycles. The van der Waals surface area contributed by atoms with Crippen LogP contribution in [0.1, 0.15) is 31.2 Å². The fourth-order valence-corrected chi connectivity index (χ4v) is 1.85. The van der Waals surface area contributed by atoms with Gasteiger partial charge < -0.3 is 5.73 Å². The smallest absolute Gasteiger partial charge is 0.0228 e. The average molecular weight is 198 g/mol. The maximum absolute atomic E-state index is 6.12. The van der Waals surface area contributed by atoms with Crippen molar-refractivity contribution in [1.29, 1.82) is 0 Å². The third-order valence-corrected chi connectivity index (χ3v) is 2.98. The summed E-state index contributed by atoms with van der Waals surface area (Å²) in [6.07, 6.45) is 2.25. The molecule has 0 aliphatic heterocycles. The van der Waals surface area contributed by atoms with Gasteiger partial charge in [0.2, 0.25) is 0 Å². The van der Waals surface area contributed by atoms with Gasteiger partial charge >= 0.3 is 0 Å². The highest BCUT2D eigenvalue weighted by atomic mass is 35.5. The molecule has 2 N–H and O–H groups in total. The Labute approximate surface area is 85.7 Å². The predicted octanol–water partition coefficient (Wildman–Crippen LogP) is 2.70. The Kier molecular flexibility index (Phi) is 2.99. The third-order valence-electron chi connectivity index (χ3n) is 2.98. The summed E-state index contributed by atoms with van der Waals surface area (Å²) in [6, 6.07) is 10.6. The fraction of sp³-hybridized carbons (Fsp3) is 0.455. The molecule has 2 rings (SSSR count). The van der Waals surface area contributed by atoms with E-state index in [0.29, 0.717) is 5.92 Å². The second-order valence-corrected chi connectivity index (χ2v) is 3.75. The summed E-state index contributed by atoms with van der Waals surface area (Å²) in [6.45, 7) is 2.17. The highest BCUT2D eigenvalue weighted by molar-refractivity contribution is 5.85. The second-order valence-electron chi connectivity index (χ2n) is 3.75. The van der Waals surface area contributed by atoms with Crippen molar-refractivity contribution in [1.82, 2.24) is 0 Å². The average Bonchev–Trinajstić information content (AvgIpc) is 2.81. The summed E-state index contributed by atoms with van der Waals surface area (Å²) >= 11 is 0. The first kappa shape index (κ1) is 10.6. The molecule has 1 aromatic carbocycles. The first-order chi connectivity index (χ1) is 5.76. The van der Waals surface area contributed by atoms with Gasteiger partial charge in [-0.1, -0.05) is 37.3 Å². The lowest BCUT2D eigenvalue weighted by Gasteiger charge is -2.06. The molecule has 1 nitrogen and oxygen atoms in total. The Bertz CT molecular complexity index is 273. The van der Waals surface area contributed by atoms with Crippen LogP contribution in [0.3, 0.4) is 0 Å². The molecule has 72 valence electrons. The molecule has 0 amide bonds. The first-order valence-electron chi connectivity index (χ1n) is 4.60. The van der Waals surface area contributed by atoms with Crippen molar-refractivity contribution >= 4 is 12.4 Å². The number of nitrogens with two attached hydrogens (primary N) is 1. The molecule has 0 heterocycles. The van der Waals surface area contributed by atoms with Gasteiger partial charge in [-0.05, 0) is 18.4 Å². The standard InChI is InChI=1S/C11H15N.ClH/c1-2-11(12)8-10(11)9-6-4-3-5-7-9;/h3-7,10H,2,8,12H2,1H3;1H/t10-,11-;/m0./s1. The Balaban J connectivity index is 0.000000845. The summed E-state index contributed by atoms with van der Waals surface area (Å²) in [5.41, 5.74) is 7.64. The lowest BCUT2D eigenvalue weighted by atomic mass is 10.1. The topological polar surface area (TPSA) is 26.0 Å². The number of halogens is 1. The summed E-state index contributed by atoms with van der Waals surface area (Å²) in [4.78, 5) is 0. The number of rotatable bonds is 2. The van der Waals surface area contributed by atoms with Crippen LogP contribution in [0.2, 0.25) is 0 Å². The molecule has 1 fully saturated rings. The molecule has 13 heavy (non-hydrogen) atoms. The SMILES string of the molecule is CC[C@]1(N)C[C@H]1c1ccccc1.Cl. The quantitative estimate of drug-likeness (QED) is 0.775. The highest BCUT2D eigenvalue weighted by Crippen LogP contribution is 2.51. The van der Waals surface area contributed by atoms with Gasteiger partial charge in [0.15, 0.2) is 0 Å². The van der Waals surface area contributed by atoms with Crippen LogP contribution in [0, 0.1) is 0 Å². The molecule has 0 bridgehead atoms. The van der Waals surface area contributed by atoms with Gasteiger partial charge in [-0.15, -0.1) is 12.4 Å². The van der Waals surface area contributed by atoms with E-state index >= 15 is 0 Å². The normalized spacial score (nSPS) is 30.8. The minimum Gasteiger partial charge on any atom is -0.325 e. The summed E-state index contributed by atoms with van der Waals surface area (Å²) < 4.78 is 0. The molecule has 0 aromatic heterocycles. The van der Waals surface area contributed by atoms with Crippen LogP contribution in [0.4, 0.5) is 0 Å². The predicted molar refractivity (Wildman–Crippen MR) is 58.3 cm³/mol. The van der Waals surface area contributed by atoms with Crippen molar-refractivity contribution < 1.29 is 0 Å². The van der Waals surface area contributed by atoms with Crippen molar-refractivity contribution in [3.63, 3.8) is 0 Å². The van der Waals surface area contributed by atoms with Gasteiger partial charge in [0.1, 0.15) is 0 Å². The molecule has 1 aliphatic rings. The lowest BCUT2D eigenvalue weighted by molar-refractivity contribution is 0.626. The molecule has 0 spiro atoms. The van der Waals surface area contributed by atoms with Crippen molar-refractivity contribution in [3.05, 3.63) is 35.9 Å². The molecule has 2 atom stereocenters. The van der Waals surface area contributed by atoms with E-state index in [-0.39, 0.29) is 17.9 Å². The Morgan fingerprint density at radius 1 is 1.38 bits per heavy atom. The Morgan fingerprint density at radius 3 is 2.46 bits per heavy atom.